The standard InChI is InChI=1S/C30H25F3N4O5S/c1-4-13-42-28(39)23-16(3)24(29(40)41-5-2)43-27(23)36-26(38)20-15-34-37-22(30(31,32)33)14-21(35-25(20)37)19-12-8-10-17-9-6-7-11-18(17)19/h6-12,14-15H,4-5,13H2,1-3H3,(H,36,38). The molecule has 43 heavy (non-hydrogen) atoms. The van der Waals surface area contributed by atoms with E-state index in [1.807, 2.05) is 18.2 Å². The molecule has 0 spiro atoms. The monoisotopic (exact) mass is 610 g/mol. The number of alkyl halides is 3. The van der Waals surface area contributed by atoms with Gasteiger partial charge in [0.15, 0.2) is 11.3 Å². The minimum absolute atomic E-state index is 0.00780. The van der Waals surface area contributed by atoms with E-state index < -0.39 is 29.7 Å². The zero-order valence-corrected chi connectivity index (χ0v) is 24.1. The number of nitrogens with one attached hydrogen (secondary N) is 1. The number of anilines is 1. The minimum Gasteiger partial charge on any atom is -0.462 e. The quantitative estimate of drug-likeness (QED) is 0.190. The fraction of sp³-hybridized carbons (Fsp3) is 0.233. The summed E-state index contributed by atoms with van der Waals surface area (Å²) in [6.45, 7) is 5.14. The molecule has 13 heteroatoms. The van der Waals surface area contributed by atoms with Gasteiger partial charge in [-0.2, -0.15) is 18.3 Å². The van der Waals surface area contributed by atoms with E-state index in [-0.39, 0.29) is 51.1 Å². The largest absolute Gasteiger partial charge is 0.462 e. The van der Waals surface area contributed by atoms with Crippen molar-refractivity contribution >= 4 is 50.6 Å². The van der Waals surface area contributed by atoms with Gasteiger partial charge in [0.25, 0.3) is 5.91 Å². The topological polar surface area (TPSA) is 112 Å². The van der Waals surface area contributed by atoms with Crippen molar-refractivity contribution in [3.8, 4) is 11.3 Å². The van der Waals surface area contributed by atoms with Crippen molar-refractivity contribution < 1.29 is 37.0 Å². The summed E-state index contributed by atoms with van der Waals surface area (Å²) in [5.41, 5.74) is -1.12. The van der Waals surface area contributed by atoms with Gasteiger partial charge in [-0.25, -0.2) is 19.1 Å². The first kappa shape index (κ1) is 29.7. The SMILES string of the molecule is CCCOC(=O)c1c(NC(=O)c2cnn3c(C(F)(F)F)cc(-c4cccc5ccccc45)nc23)sc(C(=O)OCC)c1C. The molecule has 3 heterocycles. The van der Waals surface area contributed by atoms with E-state index in [4.69, 9.17) is 9.47 Å². The Morgan fingerprint density at radius 1 is 1.02 bits per heavy atom. The molecule has 5 aromatic rings. The smallest absolute Gasteiger partial charge is 0.433 e. The molecule has 1 N–H and O–H groups in total. The Bertz CT molecular complexity index is 1870. The second kappa shape index (κ2) is 11.8. The second-order valence-electron chi connectivity index (χ2n) is 9.42. The summed E-state index contributed by atoms with van der Waals surface area (Å²) in [7, 11) is 0. The molecule has 0 aliphatic rings. The Hall–Kier alpha value is -4.78. The summed E-state index contributed by atoms with van der Waals surface area (Å²) >= 11 is 0.801. The molecule has 0 atom stereocenters. The van der Waals surface area contributed by atoms with Crippen molar-refractivity contribution in [3.05, 3.63) is 82.0 Å². The lowest BCUT2D eigenvalue weighted by molar-refractivity contribution is -0.142. The van der Waals surface area contributed by atoms with E-state index in [9.17, 15) is 27.6 Å². The van der Waals surface area contributed by atoms with E-state index in [1.165, 1.54) is 6.92 Å². The van der Waals surface area contributed by atoms with E-state index in [0.717, 1.165) is 29.0 Å². The number of fused-ring (bicyclic) bond motifs is 2. The lowest BCUT2D eigenvalue weighted by atomic mass is 10.0. The zero-order valence-electron chi connectivity index (χ0n) is 23.2. The number of benzene rings is 2. The molecule has 0 saturated heterocycles. The van der Waals surface area contributed by atoms with Crippen molar-refractivity contribution in [3.63, 3.8) is 0 Å². The first-order chi connectivity index (χ1) is 20.5. The third-order valence-electron chi connectivity index (χ3n) is 6.55. The molecule has 5 rings (SSSR count). The molecule has 9 nitrogen and oxygen atoms in total. The van der Waals surface area contributed by atoms with Crippen molar-refractivity contribution in [2.45, 2.75) is 33.4 Å². The van der Waals surface area contributed by atoms with Crippen LogP contribution >= 0.6 is 11.3 Å². The molecular weight excluding hydrogens is 585 g/mol. The Labute approximate surface area is 247 Å². The Kier molecular flexibility index (Phi) is 8.18. The maximum atomic E-state index is 14.2. The molecule has 3 aromatic heterocycles. The van der Waals surface area contributed by atoms with Crippen LogP contribution in [0.3, 0.4) is 0 Å². The van der Waals surface area contributed by atoms with Gasteiger partial charge < -0.3 is 14.8 Å². The summed E-state index contributed by atoms with van der Waals surface area (Å²) < 4.78 is 53.6. The van der Waals surface area contributed by atoms with Gasteiger partial charge in [0.2, 0.25) is 0 Å². The van der Waals surface area contributed by atoms with Crippen LogP contribution in [0, 0.1) is 6.92 Å². The van der Waals surface area contributed by atoms with Gasteiger partial charge in [-0.1, -0.05) is 49.4 Å². The second-order valence-corrected chi connectivity index (χ2v) is 10.4. The van der Waals surface area contributed by atoms with Gasteiger partial charge in [0.05, 0.1) is 30.7 Å². The number of hydrogen-bond acceptors (Lipinski definition) is 8. The summed E-state index contributed by atoms with van der Waals surface area (Å²) in [5.74, 6) is -2.34. The van der Waals surface area contributed by atoms with Crippen LogP contribution in [0.25, 0.3) is 27.7 Å². The molecule has 0 fully saturated rings. The van der Waals surface area contributed by atoms with E-state index in [1.54, 1.807) is 38.1 Å². The van der Waals surface area contributed by atoms with Gasteiger partial charge in [-0.05, 0) is 42.7 Å². The fourth-order valence-corrected chi connectivity index (χ4v) is 5.67. The van der Waals surface area contributed by atoms with Crippen LogP contribution in [-0.2, 0) is 15.7 Å². The number of amides is 1. The van der Waals surface area contributed by atoms with Gasteiger partial charge in [0, 0.05) is 5.56 Å². The third kappa shape index (κ3) is 5.67. The zero-order chi connectivity index (χ0) is 30.9. The third-order valence-corrected chi connectivity index (χ3v) is 7.74. The van der Waals surface area contributed by atoms with E-state index >= 15 is 0 Å². The summed E-state index contributed by atoms with van der Waals surface area (Å²) in [6, 6.07) is 13.3. The van der Waals surface area contributed by atoms with Crippen molar-refractivity contribution in [1.82, 2.24) is 14.6 Å². The number of aromatic nitrogens is 3. The lowest BCUT2D eigenvalue weighted by Gasteiger charge is -2.13. The van der Waals surface area contributed by atoms with Crippen LogP contribution in [0.4, 0.5) is 18.2 Å². The molecule has 0 saturated carbocycles. The number of carbonyl (C=O) groups is 3. The predicted molar refractivity (Wildman–Crippen MR) is 154 cm³/mol. The van der Waals surface area contributed by atoms with Gasteiger partial charge in [-0.3, -0.25) is 4.79 Å². The van der Waals surface area contributed by atoms with E-state index in [0.29, 0.717) is 21.9 Å². The average Bonchev–Trinajstić information content (AvgIpc) is 3.55. The van der Waals surface area contributed by atoms with Crippen LogP contribution in [0.1, 0.15) is 61.9 Å². The maximum Gasteiger partial charge on any atom is 0.433 e. The number of ether oxygens (including phenoxy) is 2. The highest BCUT2D eigenvalue weighted by Crippen LogP contribution is 2.37. The predicted octanol–water partition coefficient (Wildman–Crippen LogP) is 6.93. The number of carbonyl (C=O) groups excluding carboxylic acids is 3. The first-order valence-electron chi connectivity index (χ1n) is 13.3. The molecule has 1 amide bonds. The highest BCUT2D eigenvalue weighted by Gasteiger charge is 2.36. The molecule has 0 unspecified atom stereocenters. The maximum absolute atomic E-state index is 14.2. The highest BCUT2D eigenvalue weighted by molar-refractivity contribution is 7.18. The molecule has 0 bridgehead atoms. The number of esters is 2. The Morgan fingerprint density at radius 3 is 2.49 bits per heavy atom. The van der Waals surface area contributed by atoms with Crippen molar-refractivity contribution in [2.75, 3.05) is 18.5 Å². The van der Waals surface area contributed by atoms with Crippen LogP contribution in [0.15, 0.2) is 54.7 Å². The van der Waals surface area contributed by atoms with Crippen LogP contribution in [-0.4, -0.2) is 45.7 Å². The molecule has 222 valence electrons. The van der Waals surface area contributed by atoms with Gasteiger partial charge in [-0.15, -0.1) is 11.3 Å². The molecular formula is C30H25F3N4O5S. The molecule has 0 radical (unpaired) electrons. The van der Waals surface area contributed by atoms with Crippen molar-refractivity contribution in [1.29, 1.82) is 0 Å². The normalized spacial score (nSPS) is 11.6. The summed E-state index contributed by atoms with van der Waals surface area (Å²) in [5, 5.41) is 7.85. The molecule has 2 aromatic carbocycles. The van der Waals surface area contributed by atoms with Crippen LogP contribution < -0.4 is 5.32 Å². The number of rotatable bonds is 8. The van der Waals surface area contributed by atoms with Crippen LogP contribution in [0.2, 0.25) is 0 Å². The Balaban J connectivity index is 1.63. The number of nitrogens with zero attached hydrogens (tertiary/aromatic N) is 3. The van der Waals surface area contributed by atoms with Crippen LogP contribution in [0.5, 0.6) is 0 Å². The Morgan fingerprint density at radius 2 is 1.77 bits per heavy atom. The number of hydrogen-bond donors (Lipinski definition) is 1. The lowest BCUT2D eigenvalue weighted by Crippen LogP contribution is -2.17. The fourth-order valence-electron chi connectivity index (χ4n) is 4.59. The highest BCUT2D eigenvalue weighted by atomic mass is 32.1. The van der Waals surface area contributed by atoms with Gasteiger partial charge >= 0.3 is 18.1 Å². The van der Waals surface area contributed by atoms with Gasteiger partial charge in [0.1, 0.15) is 15.4 Å². The number of thiophene rings is 1. The number of halogens is 3. The summed E-state index contributed by atoms with van der Waals surface area (Å²) in [4.78, 5) is 43.5. The summed E-state index contributed by atoms with van der Waals surface area (Å²) in [6.07, 6.45) is -3.31. The average molecular weight is 611 g/mol. The van der Waals surface area contributed by atoms with Crippen molar-refractivity contribution in [2.24, 2.45) is 0 Å². The van der Waals surface area contributed by atoms with E-state index in [2.05, 4.69) is 15.4 Å². The minimum atomic E-state index is -4.82. The molecule has 0 aliphatic carbocycles. The molecule has 0 aliphatic heterocycles. The first-order valence-corrected chi connectivity index (χ1v) is 14.1.